The fourth-order valence-electron chi connectivity index (χ4n) is 3.04. The van der Waals surface area contributed by atoms with Crippen LogP contribution in [0.15, 0.2) is 18.5 Å². The van der Waals surface area contributed by atoms with Gasteiger partial charge in [-0.1, -0.05) is 6.92 Å². The van der Waals surface area contributed by atoms with Crippen molar-refractivity contribution >= 4 is 5.69 Å². The highest BCUT2D eigenvalue weighted by Gasteiger charge is 2.31. The average molecular weight is 290 g/mol. The maximum Gasteiger partial charge on any atom is 0.0443 e. The predicted molar refractivity (Wildman–Crippen MR) is 89.7 cm³/mol. The third-order valence-corrected chi connectivity index (χ3v) is 4.26. The summed E-state index contributed by atoms with van der Waals surface area (Å²) in [5, 5.41) is 3.57. The van der Waals surface area contributed by atoms with E-state index in [0.29, 0.717) is 12.0 Å². The molecule has 2 unspecified atom stereocenters. The lowest BCUT2D eigenvalue weighted by Crippen LogP contribution is -2.36. The molecule has 0 aliphatic carbocycles. The molecule has 1 aromatic heterocycles. The van der Waals surface area contributed by atoms with Crippen LogP contribution < -0.4 is 10.2 Å². The van der Waals surface area contributed by atoms with Gasteiger partial charge in [-0.25, -0.2) is 0 Å². The third kappa shape index (κ3) is 4.17. The second kappa shape index (κ2) is 6.32. The summed E-state index contributed by atoms with van der Waals surface area (Å²) >= 11 is 0. The Balaban J connectivity index is 2.13. The van der Waals surface area contributed by atoms with E-state index < -0.39 is 0 Å². The SMILES string of the molecule is CC1CN(c2ccncc2CNC(C)(C)C)CC1N(C)C. The first-order valence-corrected chi connectivity index (χ1v) is 7.87. The predicted octanol–water partition coefficient (Wildman–Crippen LogP) is 2.36. The fraction of sp³-hybridized carbons (Fsp3) is 0.706. The summed E-state index contributed by atoms with van der Waals surface area (Å²) in [5.74, 6) is 0.691. The first kappa shape index (κ1) is 16.2. The Morgan fingerprint density at radius 2 is 2.05 bits per heavy atom. The quantitative estimate of drug-likeness (QED) is 0.922. The third-order valence-electron chi connectivity index (χ3n) is 4.26. The summed E-state index contributed by atoms with van der Waals surface area (Å²) in [6, 6.07) is 2.78. The zero-order chi connectivity index (χ0) is 15.6. The molecule has 0 bridgehead atoms. The second-order valence-corrected chi connectivity index (χ2v) is 7.52. The topological polar surface area (TPSA) is 31.4 Å². The second-order valence-electron chi connectivity index (χ2n) is 7.52. The molecule has 21 heavy (non-hydrogen) atoms. The molecule has 1 N–H and O–H groups in total. The van der Waals surface area contributed by atoms with Gasteiger partial charge in [0.15, 0.2) is 0 Å². The van der Waals surface area contributed by atoms with E-state index >= 15 is 0 Å². The standard InChI is InChI=1S/C17H30N4/c1-13-11-21(12-16(13)20(5)6)15-7-8-18-9-14(15)10-19-17(2,3)4/h7-9,13,16,19H,10-12H2,1-6H3. The van der Waals surface area contributed by atoms with Crippen LogP contribution in [0.1, 0.15) is 33.3 Å². The molecule has 2 rings (SSSR count). The van der Waals surface area contributed by atoms with Gasteiger partial charge in [0.2, 0.25) is 0 Å². The minimum atomic E-state index is 0.123. The van der Waals surface area contributed by atoms with Gasteiger partial charge in [0.1, 0.15) is 0 Å². The van der Waals surface area contributed by atoms with Crippen LogP contribution in [0.4, 0.5) is 5.69 Å². The first-order valence-electron chi connectivity index (χ1n) is 7.87. The van der Waals surface area contributed by atoms with Crippen LogP contribution in [-0.2, 0) is 6.54 Å². The Bertz CT molecular complexity index is 464. The number of pyridine rings is 1. The molecule has 0 amide bonds. The van der Waals surface area contributed by atoms with E-state index in [1.165, 1.54) is 11.3 Å². The van der Waals surface area contributed by atoms with E-state index in [-0.39, 0.29) is 5.54 Å². The molecule has 118 valence electrons. The maximum absolute atomic E-state index is 4.31. The van der Waals surface area contributed by atoms with Gasteiger partial charge in [0.05, 0.1) is 0 Å². The van der Waals surface area contributed by atoms with E-state index in [0.717, 1.165) is 19.6 Å². The van der Waals surface area contributed by atoms with E-state index in [9.17, 15) is 0 Å². The van der Waals surface area contributed by atoms with Crippen molar-refractivity contribution in [2.75, 3.05) is 32.1 Å². The molecule has 2 atom stereocenters. The highest BCUT2D eigenvalue weighted by molar-refractivity contribution is 5.53. The van der Waals surface area contributed by atoms with Crippen LogP contribution in [0.25, 0.3) is 0 Å². The highest BCUT2D eigenvalue weighted by Crippen LogP contribution is 2.28. The van der Waals surface area contributed by atoms with Gasteiger partial charge in [0, 0.05) is 54.9 Å². The lowest BCUT2D eigenvalue weighted by atomic mass is 10.1. The molecule has 1 aliphatic heterocycles. The lowest BCUT2D eigenvalue weighted by molar-refractivity contribution is 0.266. The zero-order valence-corrected chi connectivity index (χ0v) is 14.3. The van der Waals surface area contributed by atoms with E-state index in [1.54, 1.807) is 0 Å². The number of rotatable bonds is 4. The number of anilines is 1. The minimum absolute atomic E-state index is 0.123. The van der Waals surface area contributed by atoms with Crippen LogP contribution in [0.5, 0.6) is 0 Å². The Morgan fingerprint density at radius 3 is 2.62 bits per heavy atom. The molecule has 1 saturated heterocycles. The summed E-state index contributed by atoms with van der Waals surface area (Å²) in [5.41, 5.74) is 2.74. The van der Waals surface area contributed by atoms with Crippen molar-refractivity contribution in [2.24, 2.45) is 5.92 Å². The summed E-state index contributed by atoms with van der Waals surface area (Å²) in [4.78, 5) is 9.17. The van der Waals surface area contributed by atoms with Crippen molar-refractivity contribution in [3.05, 3.63) is 24.0 Å². The Labute approximate surface area is 129 Å². The molecule has 0 saturated carbocycles. The summed E-state index contributed by atoms with van der Waals surface area (Å²) in [6.45, 7) is 12.0. The van der Waals surface area contributed by atoms with Gasteiger partial charge >= 0.3 is 0 Å². The molecule has 0 spiro atoms. The lowest BCUT2D eigenvalue weighted by Gasteiger charge is -2.26. The molecule has 0 radical (unpaired) electrons. The zero-order valence-electron chi connectivity index (χ0n) is 14.3. The van der Waals surface area contributed by atoms with Crippen molar-refractivity contribution in [3.63, 3.8) is 0 Å². The molecule has 4 nitrogen and oxygen atoms in total. The van der Waals surface area contributed by atoms with Crippen molar-refractivity contribution in [2.45, 2.75) is 45.8 Å². The van der Waals surface area contributed by atoms with Crippen molar-refractivity contribution in [3.8, 4) is 0 Å². The monoisotopic (exact) mass is 290 g/mol. The molecule has 1 fully saturated rings. The van der Waals surface area contributed by atoms with Gasteiger partial charge in [-0.15, -0.1) is 0 Å². The van der Waals surface area contributed by atoms with E-state index in [4.69, 9.17) is 0 Å². The fourth-order valence-corrected chi connectivity index (χ4v) is 3.04. The van der Waals surface area contributed by atoms with Crippen LogP contribution in [0.2, 0.25) is 0 Å². The molecule has 2 heterocycles. The molecular formula is C17H30N4. The van der Waals surface area contributed by atoms with Crippen LogP contribution in [0.3, 0.4) is 0 Å². The molecule has 1 aromatic rings. The molecular weight excluding hydrogens is 260 g/mol. The number of nitrogens with one attached hydrogen (secondary N) is 1. The number of hydrogen-bond acceptors (Lipinski definition) is 4. The minimum Gasteiger partial charge on any atom is -0.369 e. The summed E-state index contributed by atoms with van der Waals surface area (Å²) in [6.07, 6.45) is 3.91. The van der Waals surface area contributed by atoms with E-state index in [1.807, 2.05) is 12.4 Å². The largest absolute Gasteiger partial charge is 0.369 e. The normalized spacial score (nSPS) is 23.1. The smallest absolute Gasteiger partial charge is 0.0443 e. The number of aromatic nitrogens is 1. The van der Waals surface area contributed by atoms with Crippen molar-refractivity contribution in [1.82, 2.24) is 15.2 Å². The molecule has 1 aliphatic rings. The number of likely N-dealkylation sites (N-methyl/N-ethyl adjacent to an activating group) is 1. The Hall–Kier alpha value is -1.13. The van der Waals surface area contributed by atoms with Gasteiger partial charge in [0.25, 0.3) is 0 Å². The van der Waals surface area contributed by atoms with Crippen LogP contribution in [0, 0.1) is 5.92 Å². The summed E-state index contributed by atoms with van der Waals surface area (Å²) < 4.78 is 0. The average Bonchev–Trinajstić information content (AvgIpc) is 2.78. The Morgan fingerprint density at radius 1 is 1.33 bits per heavy atom. The summed E-state index contributed by atoms with van der Waals surface area (Å²) in [7, 11) is 4.36. The van der Waals surface area contributed by atoms with Gasteiger partial charge < -0.3 is 15.1 Å². The van der Waals surface area contributed by atoms with Crippen LogP contribution in [-0.4, -0.2) is 48.6 Å². The number of nitrogens with zero attached hydrogens (tertiary/aromatic N) is 3. The Kier molecular flexibility index (Phi) is 4.89. The van der Waals surface area contributed by atoms with E-state index in [2.05, 4.69) is 68.0 Å². The van der Waals surface area contributed by atoms with Crippen molar-refractivity contribution < 1.29 is 0 Å². The maximum atomic E-state index is 4.31. The highest BCUT2D eigenvalue weighted by atomic mass is 15.2. The molecule has 4 heteroatoms. The van der Waals surface area contributed by atoms with Gasteiger partial charge in [-0.3, -0.25) is 4.98 Å². The molecule has 0 aromatic carbocycles. The first-order chi connectivity index (χ1) is 9.78. The van der Waals surface area contributed by atoms with Crippen LogP contribution >= 0.6 is 0 Å². The van der Waals surface area contributed by atoms with Gasteiger partial charge in [-0.2, -0.15) is 0 Å². The number of hydrogen-bond donors (Lipinski definition) is 1. The van der Waals surface area contributed by atoms with Gasteiger partial charge in [-0.05, 0) is 46.9 Å². The van der Waals surface area contributed by atoms with Crippen molar-refractivity contribution in [1.29, 1.82) is 0 Å².